The molecule has 0 bridgehead atoms. The van der Waals surface area contributed by atoms with Crippen LogP contribution in [0.15, 0.2) is 24.4 Å². The van der Waals surface area contributed by atoms with E-state index in [1.807, 2.05) is 0 Å². The van der Waals surface area contributed by atoms with Gasteiger partial charge in [0.25, 0.3) is 5.69 Å². The van der Waals surface area contributed by atoms with Crippen LogP contribution in [0.25, 0.3) is 0 Å². The number of carbonyl (C=O) groups is 1. The molecule has 1 aromatic heterocycles. The van der Waals surface area contributed by atoms with Crippen LogP contribution in [0, 0.1) is 10.1 Å². The average molecular weight is 357 g/mol. The SMILES string of the molecule is CCOC(=O)Nc1ccc(NCc2cnc(Cl)s2)cc1[N+](=O)[O-]. The summed E-state index contributed by atoms with van der Waals surface area (Å²) in [6.45, 7) is 2.26. The fourth-order valence-corrected chi connectivity index (χ4v) is 2.65. The smallest absolute Gasteiger partial charge is 0.411 e. The molecule has 1 heterocycles. The molecular weight excluding hydrogens is 344 g/mol. The lowest BCUT2D eigenvalue weighted by atomic mass is 10.2. The van der Waals surface area contributed by atoms with Crippen LogP contribution in [0.1, 0.15) is 11.8 Å². The largest absolute Gasteiger partial charge is 0.450 e. The molecule has 122 valence electrons. The third-order valence-electron chi connectivity index (χ3n) is 2.70. The molecule has 8 nitrogen and oxygen atoms in total. The molecule has 0 spiro atoms. The van der Waals surface area contributed by atoms with Gasteiger partial charge in [-0.3, -0.25) is 15.4 Å². The minimum absolute atomic E-state index is 0.0693. The molecule has 2 aromatic rings. The second-order valence-corrected chi connectivity index (χ2v) is 5.96. The molecule has 1 aromatic carbocycles. The Kier molecular flexibility index (Phi) is 5.72. The van der Waals surface area contributed by atoms with E-state index in [9.17, 15) is 14.9 Å². The maximum absolute atomic E-state index is 11.4. The van der Waals surface area contributed by atoms with Crippen molar-refractivity contribution in [2.75, 3.05) is 17.2 Å². The van der Waals surface area contributed by atoms with Gasteiger partial charge >= 0.3 is 6.09 Å². The van der Waals surface area contributed by atoms with Crippen LogP contribution in [-0.2, 0) is 11.3 Å². The summed E-state index contributed by atoms with van der Waals surface area (Å²) >= 11 is 7.06. The molecule has 1 amide bonds. The highest BCUT2D eigenvalue weighted by atomic mass is 35.5. The van der Waals surface area contributed by atoms with Crippen LogP contribution in [0.5, 0.6) is 0 Å². The standard InChI is InChI=1S/C13H13ClN4O4S/c1-2-22-13(19)17-10-4-3-8(5-11(10)18(20)21)15-6-9-7-16-12(14)23-9/h3-5,7,15H,2,6H2,1H3,(H,17,19). The van der Waals surface area contributed by atoms with Gasteiger partial charge in [-0.1, -0.05) is 11.6 Å². The van der Waals surface area contributed by atoms with Crippen molar-refractivity contribution < 1.29 is 14.5 Å². The van der Waals surface area contributed by atoms with Gasteiger partial charge in [-0.05, 0) is 19.1 Å². The van der Waals surface area contributed by atoms with Gasteiger partial charge < -0.3 is 10.1 Å². The van der Waals surface area contributed by atoms with Gasteiger partial charge in [-0.25, -0.2) is 9.78 Å². The Morgan fingerprint density at radius 2 is 2.30 bits per heavy atom. The molecule has 0 aliphatic heterocycles. The van der Waals surface area contributed by atoms with Gasteiger partial charge in [-0.15, -0.1) is 11.3 Å². The van der Waals surface area contributed by atoms with Gasteiger partial charge in [0.1, 0.15) is 5.69 Å². The van der Waals surface area contributed by atoms with Crippen molar-refractivity contribution >= 4 is 46.1 Å². The normalized spacial score (nSPS) is 10.2. The third kappa shape index (κ3) is 4.80. The molecule has 0 aliphatic rings. The summed E-state index contributed by atoms with van der Waals surface area (Å²) in [5, 5.41) is 16.5. The summed E-state index contributed by atoms with van der Waals surface area (Å²) < 4.78 is 5.14. The van der Waals surface area contributed by atoms with Gasteiger partial charge in [0.05, 0.1) is 18.1 Å². The first-order valence-corrected chi connectivity index (χ1v) is 7.75. The highest BCUT2D eigenvalue weighted by Crippen LogP contribution is 2.28. The second kappa shape index (κ2) is 7.75. The Balaban J connectivity index is 2.11. The van der Waals surface area contributed by atoms with Crippen molar-refractivity contribution in [3.63, 3.8) is 0 Å². The summed E-state index contributed by atoms with van der Waals surface area (Å²) in [6.07, 6.45) is 0.890. The molecule has 0 radical (unpaired) electrons. The maximum atomic E-state index is 11.4. The molecule has 0 saturated carbocycles. The summed E-state index contributed by atoms with van der Waals surface area (Å²) in [7, 11) is 0. The Hall–Kier alpha value is -2.39. The van der Waals surface area contributed by atoms with E-state index in [0.717, 1.165) is 4.88 Å². The van der Waals surface area contributed by atoms with Crippen molar-refractivity contribution in [3.05, 3.63) is 43.9 Å². The van der Waals surface area contributed by atoms with E-state index in [2.05, 4.69) is 15.6 Å². The molecule has 2 rings (SSSR count). The number of nitrogens with zero attached hydrogens (tertiary/aromatic N) is 2. The highest BCUT2D eigenvalue weighted by Gasteiger charge is 2.17. The van der Waals surface area contributed by atoms with E-state index in [-0.39, 0.29) is 18.0 Å². The third-order valence-corrected chi connectivity index (χ3v) is 3.81. The molecule has 0 saturated heterocycles. The number of thiazole rings is 1. The van der Waals surface area contributed by atoms with E-state index in [4.69, 9.17) is 16.3 Å². The van der Waals surface area contributed by atoms with E-state index < -0.39 is 11.0 Å². The van der Waals surface area contributed by atoms with Gasteiger partial charge in [-0.2, -0.15) is 0 Å². The summed E-state index contributed by atoms with van der Waals surface area (Å²) in [5.74, 6) is 0. The minimum Gasteiger partial charge on any atom is -0.450 e. The van der Waals surface area contributed by atoms with Crippen molar-refractivity contribution in [2.24, 2.45) is 0 Å². The number of hydrogen-bond donors (Lipinski definition) is 2. The lowest BCUT2D eigenvalue weighted by Gasteiger charge is -2.09. The van der Waals surface area contributed by atoms with Crippen molar-refractivity contribution in [1.82, 2.24) is 4.98 Å². The molecule has 10 heteroatoms. The molecule has 0 atom stereocenters. The minimum atomic E-state index is -0.740. The Bertz CT molecular complexity index is 722. The first kappa shape index (κ1) is 17.0. The number of nitrogens with one attached hydrogen (secondary N) is 2. The Labute approximate surface area is 140 Å². The molecule has 0 unspecified atom stereocenters. The second-order valence-electron chi connectivity index (χ2n) is 4.27. The number of nitro groups is 1. The highest BCUT2D eigenvalue weighted by molar-refractivity contribution is 7.15. The zero-order chi connectivity index (χ0) is 16.8. The first-order valence-electron chi connectivity index (χ1n) is 6.56. The van der Waals surface area contributed by atoms with Gasteiger partial charge in [0.15, 0.2) is 4.47 Å². The van der Waals surface area contributed by atoms with E-state index in [1.54, 1.807) is 19.2 Å². The number of carbonyl (C=O) groups excluding carboxylic acids is 1. The predicted molar refractivity (Wildman–Crippen MR) is 88.2 cm³/mol. The number of anilines is 2. The fraction of sp³-hybridized carbons (Fsp3) is 0.231. The molecule has 0 fully saturated rings. The number of benzene rings is 1. The predicted octanol–water partition coefficient (Wildman–Crippen LogP) is 3.89. The molecule has 23 heavy (non-hydrogen) atoms. The number of amides is 1. The van der Waals surface area contributed by atoms with Crippen molar-refractivity contribution in [2.45, 2.75) is 13.5 Å². The lowest BCUT2D eigenvalue weighted by molar-refractivity contribution is -0.383. The van der Waals surface area contributed by atoms with E-state index in [1.165, 1.54) is 23.5 Å². The number of rotatable bonds is 6. The summed E-state index contributed by atoms with van der Waals surface area (Å²) in [5.41, 5.74) is 0.376. The van der Waals surface area contributed by atoms with Crippen LogP contribution in [-0.4, -0.2) is 22.6 Å². The average Bonchev–Trinajstić information content (AvgIpc) is 2.92. The maximum Gasteiger partial charge on any atom is 0.411 e. The first-order chi connectivity index (χ1) is 11.0. The quantitative estimate of drug-likeness (QED) is 0.600. The zero-order valence-corrected chi connectivity index (χ0v) is 13.6. The van der Waals surface area contributed by atoms with Crippen LogP contribution in [0.3, 0.4) is 0 Å². The summed E-state index contributed by atoms with van der Waals surface area (Å²) in [6, 6.07) is 4.40. The Morgan fingerprint density at radius 3 is 2.91 bits per heavy atom. The summed E-state index contributed by atoms with van der Waals surface area (Å²) in [4.78, 5) is 26.8. The number of ether oxygens (including phenoxy) is 1. The topological polar surface area (TPSA) is 106 Å². The Morgan fingerprint density at radius 1 is 1.52 bits per heavy atom. The fourth-order valence-electron chi connectivity index (χ4n) is 1.73. The lowest BCUT2D eigenvalue weighted by Crippen LogP contribution is -2.14. The zero-order valence-electron chi connectivity index (χ0n) is 12.0. The monoisotopic (exact) mass is 356 g/mol. The van der Waals surface area contributed by atoms with Crippen LogP contribution >= 0.6 is 22.9 Å². The number of halogens is 1. The molecule has 0 aliphatic carbocycles. The van der Waals surface area contributed by atoms with E-state index >= 15 is 0 Å². The number of aromatic nitrogens is 1. The number of nitro benzene ring substituents is 1. The van der Waals surface area contributed by atoms with Crippen molar-refractivity contribution in [1.29, 1.82) is 0 Å². The molecular formula is C13H13ClN4O4S. The van der Waals surface area contributed by atoms with Crippen LogP contribution in [0.2, 0.25) is 4.47 Å². The van der Waals surface area contributed by atoms with E-state index in [0.29, 0.717) is 16.7 Å². The van der Waals surface area contributed by atoms with Crippen LogP contribution in [0.4, 0.5) is 21.9 Å². The molecule has 2 N–H and O–H groups in total. The van der Waals surface area contributed by atoms with Crippen molar-refractivity contribution in [3.8, 4) is 0 Å². The van der Waals surface area contributed by atoms with Gasteiger partial charge in [0, 0.05) is 22.8 Å². The van der Waals surface area contributed by atoms with Crippen LogP contribution < -0.4 is 10.6 Å². The number of hydrogen-bond acceptors (Lipinski definition) is 7. The van der Waals surface area contributed by atoms with Gasteiger partial charge in [0.2, 0.25) is 0 Å².